The second-order valence-electron chi connectivity index (χ2n) is 6.78. The van der Waals surface area contributed by atoms with Crippen LogP contribution in [-0.4, -0.2) is 33.5 Å². The van der Waals surface area contributed by atoms with E-state index in [2.05, 4.69) is 9.55 Å². The van der Waals surface area contributed by atoms with Crippen LogP contribution < -0.4 is 0 Å². The summed E-state index contributed by atoms with van der Waals surface area (Å²) in [5.41, 5.74) is 1.74. The third kappa shape index (κ3) is 2.75. The fraction of sp³-hybridized carbons (Fsp3) is 0.556. The normalized spacial score (nSPS) is 20.2. The quantitative estimate of drug-likeness (QED) is 0.846. The molecule has 3 heterocycles. The van der Waals surface area contributed by atoms with Gasteiger partial charge in [-0.3, -0.25) is 4.79 Å². The van der Waals surface area contributed by atoms with Gasteiger partial charge in [0.2, 0.25) is 0 Å². The zero-order chi connectivity index (χ0) is 16.7. The monoisotopic (exact) mass is 329 g/mol. The zero-order valence-corrected chi connectivity index (χ0v) is 14.2. The molecule has 6 nitrogen and oxygen atoms in total. The molecule has 1 aliphatic heterocycles. The van der Waals surface area contributed by atoms with Crippen molar-refractivity contribution in [3.8, 4) is 0 Å². The third-order valence-electron chi connectivity index (χ3n) is 5.03. The van der Waals surface area contributed by atoms with Gasteiger partial charge in [0.1, 0.15) is 11.6 Å². The van der Waals surface area contributed by atoms with Crippen LogP contribution in [0.1, 0.15) is 53.4 Å². The van der Waals surface area contributed by atoms with E-state index in [1.54, 1.807) is 12.3 Å². The molecular weight excluding hydrogens is 306 g/mol. The van der Waals surface area contributed by atoms with Crippen molar-refractivity contribution >= 4 is 5.91 Å². The molecule has 1 atom stereocenters. The second kappa shape index (κ2) is 6.09. The Kier molecular flexibility index (Phi) is 3.92. The van der Waals surface area contributed by atoms with E-state index in [0.29, 0.717) is 24.5 Å². The van der Waals surface area contributed by atoms with Crippen molar-refractivity contribution in [3.05, 3.63) is 41.4 Å². The predicted octanol–water partition coefficient (Wildman–Crippen LogP) is 2.93. The van der Waals surface area contributed by atoms with Gasteiger partial charge in [-0.05, 0) is 38.7 Å². The number of amides is 1. The first kappa shape index (κ1) is 15.4. The summed E-state index contributed by atoms with van der Waals surface area (Å²) in [6.07, 6.45) is 6.04. The first-order valence-electron chi connectivity index (χ1n) is 8.62. The third-order valence-corrected chi connectivity index (χ3v) is 5.03. The van der Waals surface area contributed by atoms with Crippen LogP contribution in [-0.2, 0) is 17.9 Å². The van der Waals surface area contributed by atoms with E-state index in [9.17, 15) is 4.79 Å². The van der Waals surface area contributed by atoms with Gasteiger partial charge in [0.25, 0.3) is 5.91 Å². The molecule has 0 unspecified atom stereocenters. The summed E-state index contributed by atoms with van der Waals surface area (Å²) in [6.45, 7) is 6.72. The number of fused-ring (bicyclic) bond motifs is 1. The molecule has 128 valence electrons. The molecule has 6 heteroatoms. The second-order valence-corrected chi connectivity index (χ2v) is 6.78. The van der Waals surface area contributed by atoms with E-state index in [-0.39, 0.29) is 11.9 Å². The maximum atomic E-state index is 12.8. The number of aromatic nitrogens is 2. The van der Waals surface area contributed by atoms with Crippen molar-refractivity contribution < 1.29 is 13.9 Å². The van der Waals surface area contributed by atoms with E-state index < -0.39 is 0 Å². The molecule has 0 saturated heterocycles. The van der Waals surface area contributed by atoms with Gasteiger partial charge in [0.15, 0.2) is 0 Å². The molecule has 1 fully saturated rings. The molecule has 2 aromatic heterocycles. The minimum absolute atomic E-state index is 0.00883. The van der Waals surface area contributed by atoms with Crippen LogP contribution in [0, 0.1) is 12.8 Å². The minimum atomic E-state index is -0.0577. The summed E-state index contributed by atoms with van der Waals surface area (Å²) >= 11 is 0. The average Bonchev–Trinajstić information content (AvgIpc) is 3.14. The van der Waals surface area contributed by atoms with Crippen molar-refractivity contribution in [3.63, 3.8) is 0 Å². The number of nitrogens with zero attached hydrogens (tertiary/aromatic N) is 3. The molecule has 2 aliphatic rings. The number of furan rings is 1. The average molecular weight is 329 g/mol. The molecule has 24 heavy (non-hydrogen) atoms. The number of imidazole rings is 1. The topological polar surface area (TPSA) is 60.5 Å². The highest BCUT2D eigenvalue weighted by Gasteiger charge is 2.32. The Morgan fingerprint density at radius 1 is 1.42 bits per heavy atom. The molecule has 1 amide bonds. The van der Waals surface area contributed by atoms with Crippen molar-refractivity contribution in [2.24, 2.45) is 5.92 Å². The molecular formula is C18H23N3O3. The van der Waals surface area contributed by atoms with E-state index in [1.165, 1.54) is 12.8 Å². The highest BCUT2D eigenvalue weighted by molar-refractivity contribution is 5.95. The fourth-order valence-electron chi connectivity index (χ4n) is 3.33. The summed E-state index contributed by atoms with van der Waals surface area (Å²) in [5, 5.41) is 0. The van der Waals surface area contributed by atoms with Crippen molar-refractivity contribution in [2.45, 2.75) is 45.9 Å². The summed E-state index contributed by atoms with van der Waals surface area (Å²) in [5.74, 6) is 2.37. The molecule has 0 spiro atoms. The van der Waals surface area contributed by atoms with Crippen LogP contribution in [0.4, 0.5) is 0 Å². The maximum Gasteiger partial charge on any atom is 0.258 e. The highest BCUT2D eigenvalue weighted by Crippen LogP contribution is 2.30. The Balaban J connectivity index is 1.48. The van der Waals surface area contributed by atoms with E-state index in [1.807, 2.05) is 24.9 Å². The minimum Gasteiger partial charge on any atom is -0.469 e. The molecule has 0 N–H and O–H groups in total. The molecule has 1 aliphatic carbocycles. The van der Waals surface area contributed by atoms with Crippen LogP contribution in [0.3, 0.4) is 0 Å². The van der Waals surface area contributed by atoms with Crippen LogP contribution in [0.5, 0.6) is 0 Å². The Morgan fingerprint density at radius 3 is 2.96 bits per heavy atom. The largest absolute Gasteiger partial charge is 0.469 e. The van der Waals surface area contributed by atoms with Crippen molar-refractivity contribution in [1.29, 1.82) is 0 Å². The Morgan fingerprint density at radius 2 is 2.25 bits per heavy atom. The first-order valence-corrected chi connectivity index (χ1v) is 8.62. The summed E-state index contributed by atoms with van der Waals surface area (Å²) in [7, 11) is 0. The van der Waals surface area contributed by atoms with Crippen molar-refractivity contribution in [1.82, 2.24) is 14.5 Å². The number of carbonyl (C=O) groups excluding carboxylic acids is 1. The number of hydrogen-bond acceptors (Lipinski definition) is 4. The van der Waals surface area contributed by atoms with Crippen LogP contribution >= 0.6 is 0 Å². The van der Waals surface area contributed by atoms with Gasteiger partial charge < -0.3 is 18.6 Å². The lowest BCUT2D eigenvalue weighted by molar-refractivity contribution is 0.0625. The van der Waals surface area contributed by atoms with Gasteiger partial charge in [-0.1, -0.05) is 0 Å². The zero-order valence-electron chi connectivity index (χ0n) is 14.2. The summed E-state index contributed by atoms with van der Waals surface area (Å²) < 4.78 is 13.3. The van der Waals surface area contributed by atoms with Gasteiger partial charge in [-0.25, -0.2) is 4.98 Å². The Bertz CT molecular complexity index is 745. The standard InChI is InChI=1S/C18H23N3O3/c1-12-17-19-9-15(11-23-10-14-3-4-14)21(17)7-6-20(12)18(22)16-5-8-24-13(16)2/h5,8-9,12,14H,3-4,6-7,10-11H2,1-2H3/t12-/m1/s1. The van der Waals surface area contributed by atoms with Gasteiger partial charge >= 0.3 is 0 Å². The SMILES string of the molecule is Cc1occc1C(=O)N1CCn2c(COCC3CC3)cnc2[C@H]1C. The molecule has 0 radical (unpaired) electrons. The number of carbonyl (C=O) groups is 1. The lowest BCUT2D eigenvalue weighted by Gasteiger charge is -2.34. The number of rotatable bonds is 5. The molecule has 0 bridgehead atoms. The summed E-state index contributed by atoms with van der Waals surface area (Å²) in [6, 6.07) is 1.68. The summed E-state index contributed by atoms with van der Waals surface area (Å²) in [4.78, 5) is 19.2. The highest BCUT2D eigenvalue weighted by atomic mass is 16.5. The lowest BCUT2D eigenvalue weighted by atomic mass is 10.1. The molecule has 1 saturated carbocycles. The number of hydrogen-bond donors (Lipinski definition) is 0. The fourth-order valence-corrected chi connectivity index (χ4v) is 3.33. The van der Waals surface area contributed by atoms with Crippen LogP contribution in [0.2, 0.25) is 0 Å². The Hall–Kier alpha value is -2.08. The number of aryl methyl sites for hydroxylation is 1. The van der Waals surface area contributed by atoms with E-state index in [4.69, 9.17) is 9.15 Å². The van der Waals surface area contributed by atoms with E-state index >= 15 is 0 Å². The number of ether oxygens (including phenoxy) is 1. The maximum absolute atomic E-state index is 12.8. The smallest absolute Gasteiger partial charge is 0.258 e. The van der Waals surface area contributed by atoms with Crippen LogP contribution in [0.15, 0.2) is 22.9 Å². The van der Waals surface area contributed by atoms with Crippen molar-refractivity contribution in [2.75, 3.05) is 13.2 Å². The van der Waals surface area contributed by atoms with Crippen LogP contribution in [0.25, 0.3) is 0 Å². The Labute approximate surface area is 141 Å². The van der Waals surface area contributed by atoms with Gasteiger partial charge in [0.05, 0.1) is 36.4 Å². The predicted molar refractivity (Wildman–Crippen MR) is 87.5 cm³/mol. The first-order chi connectivity index (χ1) is 11.6. The van der Waals surface area contributed by atoms with Gasteiger partial charge in [0, 0.05) is 19.7 Å². The van der Waals surface area contributed by atoms with Gasteiger partial charge in [-0.2, -0.15) is 0 Å². The lowest BCUT2D eigenvalue weighted by Crippen LogP contribution is -2.41. The van der Waals surface area contributed by atoms with Gasteiger partial charge in [-0.15, -0.1) is 0 Å². The molecule has 4 rings (SSSR count). The molecule has 2 aromatic rings. The molecule has 0 aromatic carbocycles. The van der Waals surface area contributed by atoms with E-state index in [0.717, 1.165) is 30.6 Å².